The lowest BCUT2D eigenvalue weighted by molar-refractivity contribution is -0.139. The van der Waals surface area contributed by atoms with Crippen LogP contribution in [0.4, 0.5) is 17.6 Å². The fourth-order valence-corrected chi connectivity index (χ4v) is 2.24. The van der Waals surface area contributed by atoms with Crippen molar-refractivity contribution in [2.75, 3.05) is 11.1 Å². The van der Waals surface area contributed by atoms with Crippen molar-refractivity contribution in [2.24, 2.45) is 0 Å². The van der Waals surface area contributed by atoms with Crippen LogP contribution < -0.4 is 11.1 Å². The summed E-state index contributed by atoms with van der Waals surface area (Å²) in [7, 11) is 0. The molecule has 1 heterocycles. The van der Waals surface area contributed by atoms with Crippen LogP contribution in [0.2, 0.25) is 0 Å². The Bertz CT molecular complexity index is 940. The molecule has 1 aromatic heterocycles. The molecule has 0 aliphatic carbocycles. The molecule has 0 amide bonds. The van der Waals surface area contributed by atoms with Crippen molar-refractivity contribution in [2.45, 2.75) is 13.5 Å². The van der Waals surface area contributed by atoms with E-state index in [0.29, 0.717) is 0 Å². The molecule has 0 spiro atoms. The Hall–Kier alpha value is -3.74. The Morgan fingerprint density at radius 1 is 1.07 bits per heavy atom. The monoisotopic (exact) mass is 361 g/mol. The molecule has 27 heavy (non-hydrogen) atoms. The average Bonchev–Trinajstić information content (AvgIpc) is 2.67. The quantitative estimate of drug-likeness (QED) is 0.513. The summed E-state index contributed by atoms with van der Waals surface area (Å²) in [6.07, 6.45) is 3.03. The van der Waals surface area contributed by atoms with E-state index in [2.05, 4.69) is 20.3 Å². The number of esters is 1. The lowest BCUT2D eigenvalue weighted by atomic mass is 10.2. The van der Waals surface area contributed by atoms with Gasteiger partial charge in [0.05, 0.1) is 0 Å². The van der Waals surface area contributed by atoms with Crippen LogP contribution in [0, 0.1) is 6.92 Å². The van der Waals surface area contributed by atoms with Crippen LogP contribution in [0.5, 0.6) is 0 Å². The molecule has 0 unspecified atom stereocenters. The van der Waals surface area contributed by atoms with Gasteiger partial charge in [-0.1, -0.05) is 48.0 Å². The Morgan fingerprint density at radius 2 is 1.81 bits per heavy atom. The fourth-order valence-electron chi connectivity index (χ4n) is 2.24. The van der Waals surface area contributed by atoms with E-state index in [1.165, 1.54) is 6.08 Å². The number of aromatic nitrogens is 3. The number of aryl methyl sites for hydroxylation is 1. The number of anilines is 3. The Kier molecular flexibility index (Phi) is 5.73. The zero-order valence-electron chi connectivity index (χ0n) is 14.8. The maximum absolute atomic E-state index is 11.9. The number of hydrogen-bond donors (Lipinski definition) is 2. The number of carbonyl (C=O) groups excluding carboxylic acids is 1. The van der Waals surface area contributed by atoms with Crippen molar-refractivity contribution in [3.8, 4) is 0 Å². The molecule has 136 valence electrons. The third kappa shape index (κ3) is 5.64. The number of rotatable bonds is 6. The lowest BCUT2D eigenvalue weighted by Gasteiger charge is -2.07. The number of hydrogen-bond acceptors (Lipinski definition) is 7. The first-order chi connectivity index (χ1) is 13.1. The van der Waals surface area contributed by atoms with Crippen LogP contribution in [-0.2, 0) is 16.1 Å². The van der Waals surface area contributed by atoms with E-state index in [4.69, 9.17) is 10.5 Å². The van der Waals surface area contributed by atoms with E-state index in [9.17, 15) is 4.79 Å². The Morgan fingerprint density at radius 3 is 2.56 bits per heavy atom. The molecule has 0 atom stereocenters. The highest BCUT2D eigenvalue weighted by Crippen LogP contribution is 2.14. The Balaban J connectivity index is 1.61. The molecule has 3 N–H and O–H groups in total. The van der Waals surface area contributed by atoms with E-state index in [1.807, 2.05) is 61.5 Å². The molecule has 7 heteroatoms. The molecule has 7 nitrogen and oxygen atoms in total. The second kappa shape index (κ2) is 8.57. The second-order valence-electron chi connectivity index (χ2n) is 5.78. The molecule has 0 bridgehead atoms. The van der Waals surface area contributed by atoms with Gasteiger partial charge in [-0.3, -0.25) is 0 Å². The zero-order chi connectivity index (χ0) is 19.1. The van der Waals surface area contributed by atoms with Gasteiger partial charge >= 0.3 is 5.97 Å². The van der Waals surface area contributed by atoms with Crippen LogP contribution in [-0.4, -0.2) is 20.9 Å². The van der Waals surface area contributed by atoms with Crippen LogP contribution in [0.3, 0.4) is 0 Å². The SMILES string of the molecule is Cc1ccc(Nc2nc(N)nc(COC(=O)/C=C/c3ccccc3)n2)cc1. The molecule has 2 aromatic carbocycles. The van der Waals surface area contributed by atoms with Gasteiger partial charge in [-0.2, -0.15) is 15.0 Å². The van der Waals surface area contributed by atoms with Crippen molar-refractivity contribution in [1.29, 1.82) is 0 Å². The third-order valence-electron chi connectivity index (χ3n) is 3.56. The minimum Gasteiger partial charge on any atom is -0.454 e. The topological polar surface area (TPSA) is 103 Å². The summed E-state index contributed by atoms with van der Waals surface area (Å²) in [5.41, 5.74) is 8.59. The summed E-state index contributed by atoms with van der Waals surface area (Å²) in [6, 6.07) is 17.2. The Labute approximate surface area is 157 Å². The standard InChI is InChI=1S/C20H19N5O2/c1-14-7-10-16(11-8-14)22-20-24-17(23-19(21)25-20)13-27-18(26)12-9-15-5-3-2-4-6-15/h2-12H,13H2,1H3,(H3,21,22,23,24,25)/b12-9+. The number of nitrogens with two attached hydrogens (primary N) is 1. The highest BCUT2D eigenvalue weighted by molar-refractivity contribution is 5.86. The van der Waals surface area contributed by atoms with E-state index in [0.717, 1.165) is 16.8 Å². The summed E-state index contributed by atoms with van der Waals surface area (Å²) in [6.45, 7) is 1.90. The maximum atomic E-state index is 11.9. The molecular formula is C20H19N5O2. The van der Waals surface area contributed by atoms with E-state index in [1.54, 1.807) is 6.08 Å². The van der Waals surface area contributed by atoms with Gasteiger partial charge in [0.25, 0.3) is 0 Å². The molecule has 3 aromatic rings. The summed E-state index contributed by atoms with van der Waals surface area (Å²) in [5.74, 6) is 0.104. The van der Waals surface area contributed by atoms with Crippen LogP contribution in [0.15, 0.2) is 60.7 Å². The van der Waals surface area contributed by atoms with E-state index >= 15 is 0 Å². The predicted octanol–water partition coefficient (Wildman–Crippen LogP) is 3.26. The lowest BCUT2D eigenvalue weighted by Crippen LogP contribution is -2.10. The first kappa shape index (κ1) is 18.1. The molecule has 0 fully saturated rings. The summed E-state index contributed by atoms with van der Waals surface area (Å²) in [5, 5.41) is 3.05. The number of carbonyl (C=O) groups is 1. The predicted molar refractivity (Wildman–Crippen MR) is 104 cm³/mol. The van der Waals surface area contributed by atoms with Gasteiger partial charge in [-0.25, -0.2) is 4.79 Å². The van der Waals surface area contributed by atoms with Crippen molar-refractivity contribution < 1.29 is 9.53 Å². The van der Waals surface area contributed by atoms with Gasteiger partial charge in [0, 0.05) is 11.8 Å². The normalized spacial score (nSPS) is 10.7. The number of benzene rings is 2. The van der Waals surface area contributed by atoms with Gasteiger partial charge in [0.2, 0.25) is 11.9 Å². The van der Waals surface area contributed by atoms with Crippen molar-refractivity contribution in [3.05, 3.63) is 77.6 Å². The van der Waals surface area contributed by atoms with Crippen molar-refractivity contribution in [1.82, 2.24) is 15.0 Å². The minimum absolute atomic E-state index is 0.0467. The molecule has 0 radical (unpaired) electrons. The molecule has 0 saturated carbocycles. The van der Waals surface area contributed by atoms with Gasteiger partial charge in [-0.15, -0.1) is 0 Å². The summed E-state index contributed by atoms with van der Waals surface area (Å²) in [4.78, 5) is 24.1. The molecule has 0 aliphatic rings. The molecular weight excluding hydrogens is 342 g/mol. The third-order valence-corrected chi connectivity index (χ3v) is 3.56. The smallest absolute Gasteiger partial charge is 0.331 e. The largest absolute Gasteiger partial charge is 0.454 e. The van der Waals surface area contributed by atoms with Crippen molar-refractivity contribution in [3.63, 3.8) is 0 Å². The van der Waals surface area contributed by atoms with Crippen LogP contribution >= 0.6 is 0 Å². The molecule has 3 rings (SSSR count). The van der Waals surface area contributed by atoms with Gasteiger partial charge in [-0.05, 0) is 30.7 Å². The van der Waals surface area contributed by atoms with E-state index in [-0.39, 0.29) is 24.3 Å². The summed E-state index contributed by atoms with van der Waals surface area (Å²) < 4.78 is 5.16. The van der Waals surface area contributed by atoms with Gasteiger partial charge in [0.15, 0.2) is 12.4 Å². The number of nitrogen functional groups attached to an aromatic ring is 1. The van der Waals surface area contributed by atoms with E-state index < -0.39 is 5.97 Å². The first-order valence-corrected chi connectivity index (χ1v) is 8.32. The van der Waals surface area contributed by atoms with Crippen LogP contribution in [0.1, 0.15) is 17.0 Å². The average molecular weight is 361 g/mol. The highest BCUT2D eigenvalue weighted by atomic mass is 16.5. The van der Waals surface area contributed by atoms with Crippen LogP contribution in [0.25, 0.3) is 6.08 Å². The molecule has 0 saturated heterocycles. The van der Waals surface area contributed by atoms with Crippen molar-refractivity contribution >= 4 is 29.6 Å². The van der Waals surface area contributed by atoms with Gasteiger partial charge in [0.1, 0.15) is 0 Å². The highest BCUT2D eigenvalue weighted by Gasteiger charge is 2.07. The second-order valence-corrected chi connectivity index (χ2v) is 5.78. The number of nitrogens with zero attached hydrogens (tertiary/aromatic N) is 3. The fraction of sp³-hybridized carbons (Fsp3) is 0.100. The number of ether oxygens (including phenoxy) is 1. The molecule has 0 aliphatic heterocycles. The number of nitrogens with one attached hydrogen (secondary N) is 1. The van der Waals surface area contributed by atoms with Gasteiger partial charge < -0.3 is 15.8 Å². The zero-order valence-corrected chi connectivity index (χ0v) is 14.8. The summed E-state index contributed by atoms with van der Waals surface area (Å²) >= 11 is 0. The first-order valence-electron chi connectivity index (χ1n) is 8.32. The maximum Gasteiger partial charge on any atom is 0.331 e. The minimum atomic E-state index is -0.495.